The third-order valence-corrected chi connectivity index (χ3v) is 3.49. The number of nitro benzene ring substituents is 1. The van der Waals surface area contributed by atoms with Crippen LogP contribution in [-0.2, 0) is 4.74 Å². The molecule has 21 heavy (non-hydrogen) atoms. The van der Waals surface area contributed by atoms with E-state index in [4.69, 9.17) is 9.84 Å². The summed E-state index contributed by atoms with van der Waals surface area (Å²) in [6.07, 6.45) is 1.59. The third kappa shape index (κ3) is 3.69. The van der Waals surface area contributed by atoms with Gasteiger partial charge in [0, 0.05) is 24.4 Å². The maximum atomic E-state index is 11.1. The van der Waals surface area contributed by atoms with Gasteiger partial charge in [-0.1, -0.05) is 0 Å². The number of carbonyl (C=O) groups is 1. The van der Waals surface area contributed by atoms with Crippen molar-refractivity contribution in [2.75, 3.05) is 11.9 Å². The highest BCUT2D eigenvalue weighted by Crippen LogP contribution is 2.28. The Morgan fingerprint density at radius 1 is 1.52 bits per heavy atom. The molecule has 1 aliphatic heterocycles. The molecule has 0 aliphatic carbocycles. The van der Waals surface area contributed by atoms with Gasteiger partial charge in [0.2, 0.25) is 0 Å². The lowest BCUT2D eigenvalue weighted by Crippen LogP contribution is -2.40. The zero-order valence-electron chi connectivity index (χ0n) is 12.0. The standard InChI is InChI=1S/C14H18N2O5/c1-14(2)8-10(5-6-21-14)15-9-3-4-12(16(19)20)11(7-9)13(17)18/h3-4,7,10,15H,5-6,8H2,1-2H3,(H,17,18). The van der Waals surface area contributed by atoms with Crippen LogP contribution in [0.25, 0.3) is 0 Å². The summed E-state index contributed by atoms with van der Waals surface area (Å²) in [6, 6.07) is 4.21. The van der Waals surface area contributed by atoms with Crippen molar-refractivity contribution in [2.45, 2.75) is 38.3 Å². The predicted octanol–water partition coefficient (Wildman–Crippen LogP) is 2.66. The fourth-order valence-corrected chi connectivity index (χ4v) is 2.55. The largest absolute Gasteiger partial charge is 0.477 e. The molecular formula is C14H18N2O5. The molecule has 1 saturated heterocycles. The minimum absolute atomic E-state index is 0.150. The summed E-state index contributed by atoms with van der Waals surface area (Å²) in [5.74, 6) is -1.31. The van der Waals surface area contributed by atoms with Crippen LogP contribution in [0.5, 0.6) is 0 Å². The van der Waals surface area contributed by atoms with Crippen LogP contribution in [0.1, 0.15) is 37.0 Å². The second-order valence-corrected chi connectivity index (χ2v) is 5.74. The summed E-state index contributed by atoms with van der Waals surface area (Å²) < 4.78 is 5.62. The van der Waals surface area contributed by atoms with Gasteiger partial charge in [0.25, 0.3) is 5.69 Å². The number of benzene rings is 1. The monoisotopic (exact) mass is 294 g/mol. The Morgan fingerprint density at radius 3 is 2.81 bits per heavy atom. The number of ether oxygens (including phenoxy) is 1. The number of nitro groups is 1. The van der Waals surface area contributed by atoms with Crippen LogP contribution in [0.15, 0.2) is 18.2 Å². The van der Waals surface area contributed by atoms with Gasteiger partial charge >= 0.3 is 5.97 Å². The average Bonchev–Trinajstić information content (AvgIpc) is 2.37. The number of carboxylic acids is 1. The van der Waals surface area contributed by atoms with Crippen LogP contribution in [0.3, 0.4) is 0 Å². The smallest absolute Gasteiger partial charge is 0.342 e. The zero-order valence-corrected chi connectivity index (χ0v) is 12.0. The number of hydrogen-bond acceptors (Lipinski definition) is 5. The van der Waals surface area contributed by atoms with Crippen molar-refractivity contribution in [3.05, 3.63) is 33.9 Å². The molecule has 114 valence electrons. The summed E-state index contributed by atoms with van der Waals surface area (Å²) in [5.41, 5.74) is -0.371. The van der Waals surface area contributed by atoms with E-state index in [-0.39, 0.29) is 17.2 Å². The molecule has 7 heteroatoms. The first-order valence-corrected chi connectivity index (χ1v) is 6.71. The van der Waals surface area contributed by atoms with Gasteiger partial charge in [-0.25, -0.2) is 4.79 Å². The Kier molecular flexibility index (Phi) is 4.13. The van der Waals surface area contributed by atoms with E-state index in [1.807, 2.05) is 13.8 Å². The molecule has 1 atom stereocenters. The fraction of sp³-hybridized carbons (Fsp3) is 0.500. The Balaban J connectivity index is 2.19. The first kappa shape index (κ1) is 15.2. The molecule has 7 nitrogen and oxygen atoms in total. The number of carboxylic acid groups (broad SMARTS) is 1. The maximum absolute atomic E-state index is 11.1. The van der Waals surface area contributed by atoms with E-state index in [2.05, 4.69) is 5.32 Å². The van der Waals surface area contributed by atoms with Crippen LogP contribution in [-0.4, -0.2) is 34.2 Å². The molecular weight excluding hydrogens is 276 g/mol. The Labute approximate surface area is 122 Å². The summed E-state index contributed by atoms with van der Waals surface area (Å²) in [6.45, 7) is 4.63. The summed E-state index contributed by atoms with van der Waals surface area (Å²) >= 11 is 0. The van der Waals surface area contributed by atoms with Crippen LogP contribution >= 0.6 is 0 Å². The normalized spacial score (nSPS) is 20.8. The lowest BCUT2D eigenvalue weighted by Gasteiger charge is -2.36. The maximum Gasteiger partial charge on any atom is 0.342 e. The van der Waals surface area contributed by atoms with Crippen LogP contribution < -0.4 is 5.32 Å². The fourth-order valence-electron chi connectivity index (χ4n) is 2.55. The van der Waals surface area contributed by atoms with Crippen molar-refractivity contribution >= 4 is 17.3 Å². The van der Waals surface area contributed by atoms with Crippen LogP contribution in [0.4, 0.5) is 11.4 Å². The SMILES string of the molecule is CC1(C)CC(Nc2ccc([N+](=O)[O-])c(C(=O)O)c2)CCO1. The second-order valence-electron chi connectivity index (χ2n) is 5.74. The quantitative estimate of drug-likeness (QED) is 0.654. The Bertz CT molecular complexity index is 570. The molecule has 0 radical (unpaired) electrons. The lowest BCUT2D eigenvalue weighted by molar-refractivity contribution is -0.385. The van der Waals surface area contributed by atoms with Gasteiger partial charge in [0.15, 0.2) is 0 Å². The van der Waals surface area contributed by atoms with Gasteiger partial charge in [-0.05, 0) is 38.8 Å². The first-order chi connectivity index (χ1) is 9.78. The van der Waals surface area contributed by atoms with E-state index < -0.39 is 16.6 Å². The van der Waals surface area contributed by atoms with E-state index in [1.165, 1.54) is 18.2 Å². The molecule has 0 spiro atoms. The second kappa shape index (κ2) is 5.69. The van der Waals surface area contributed by atoms with Crippen LogP contribution in [0.2, 0.25) is 0 Å². The van der Waals surface area contributed by atoms with E-state index in [1.54, 1.807) is 0 Å². The van der Waals surface area contributed by atoms with Gasteiger partial charge < -0.3 is 15.2 Å². The van der Waals surface area contributed by atoms with E-state index >= 15 is 0 Å². The number of nitrogens with zero attached hydrogens (tertiary/aromatic N) is 1. The molecule has 1 aliphatic rings. The van der Waals surface area contributed by atoms with Gasteiger partial charge in [-0.2, -0.15) is 0 Å². The van der Waals surface area contributed by atoms with E-state index in [0.717, 1.165) is 12.8 Å². The molecule has 1 heterocycles. The van der Waals surface area contributed by atoms with Crippen molar-refractivity contribution < 1.29 is 19.6 Å². The highest BCUT2D eigenvalue weighted by atomic mass is 16.6. The number of rotatable bonds is 4. The van der Waals surface area contributed by atoms with Crippen molar-refractivity contribution in [1.29, 1.82) is 0 Å². The predicted molar refractivity (Wildman–Crippen MR) is 76.7 cm³/mol. The topological polar surface area (TPSA) is 102 Å². The lowest BCUT2D eigenvalue weighted by atomic mass is 9.93. The first-order valence-electron chi connectivity index (χ1n) is 6.71. The zero-order chi connectivity index (χ0) is 15.6. The summed E-state index contributed by atoms with van der Waals surface area (Å²) in [5, 5.41) is 23.1. The highest BCUT2D eigenvalue weighted by molar-refractivity contribution is 5.93. The summed E-state index contributed by atoms with van der Waals surface area (Å²) in [7, 11) is 0. The molecule has 1 fully saturated rings. The van der Waals surface area contributed by atoms with Crippen molar-refractivity contribution in [2.24, 2.45) is 0 Å². The van der Waals surface area contributed by atoms with Crippen LogP contribution in [0, 0.1) is 10.1 Å². The number of anilines is 1. The van der Waals surface area contributed by atoms with E-state index in [0.29, 0.717) is 12.3 Å². The van der Waals surface area contributed by atoms with Gasteiger partial charge in [-0.15, -0.1) is 0 Å². The van der Waals surface area contributed by atoms with E-state index in [9.17, 15) is 14.9 Å². The molecule has 0 saturated carbocycles. The number of nitrogens with one attached hydrogen (secondary N) is 1. The minimum Gasteiger partial charge on any atom is -0.477 e. The molecule has 0 aromatic heterocycles. The molecule has 1 aromatic carbocycles. The molecule has 2 rings (SSSR count). The molecule has 1 aromatic rings. The van der Waals surface area contributed by atoms with Crippen molar-refractivity contribution in [1.82, 2.24) is 0 Å². The van der Waals surface area contributed by atoms with Gasteiger partial charge in [0.1, 0.15) is 5.56 Å². The highest BCUT2D eigenvalue weighted by Gasteiger charge is 2.29. The van der Waals surface area contributed by atoms with Crippen molar-refractivity contribution in [3.8, 4) is 0 Å². The molecule has 1 unspecified atom stereocenters. The minimum atomic E-state index is -1.31. The molecule has 0 bridgehead atoms. The number of aromatic carboxylic acids is 1. The molecule has 2 N–H and O–H groups in total. The van der Waals surface area contributed by atoms with Crippen molar-refractivity contribution in [3.63, 3.8) is 0 Å². The third-order valence-electron chi connectivity index (χ3n) is 3.49. The number of hydrogen-bond donors (Lipinski definition) is 2. The average molecular weight is 294 g/mol. The van der Waals surface area contributed by atoms with Gasteiger partial charge in [0.05, 0.1) is 10.5 Å². The van der Waals surface area contributed by atoms with Gasteiger partial charge in [-0.3, -0.25) is 10.1 Å². The summed E-state index contributed by atoms with van der Waals surface area (Å²) in [4.78, 5) is 21.2. The molecule has 0 amide bonds. The Hall–Kier alpha value is -2.15. The Morgan fingerprint density at radius 2 is 2.24 bits per heavy atom.